The molecule has 82 valence electrons. The summed E-state index contributed by atoms with van der Waals surface area (Å²) >= 11 is 0. The first-order valence-electron chi connectivity index (χ1n) is 5.53. The first-order chi connectivity index (χ1) is 7.61. The lowest BCUT2D eigenvalue weighted by Gasteiger charge is -2.14. The van der Waals surface area contributed by atoms with Gasteiger partial charge in [-0.1, -0.05) is 36.4 Å². The van der Waals surface area contributed by atoms with Gasteiger partial charge in [0.1, 0.15) is 0 Å². The van der Waals surface area contributed by atoms with E-state index in [9.17, 15) is 0 Å². The molecule has 0 spiro atoms. The molecule has 2 rings (SSSR count). The molecular weight excluding hydrogens is 194 g/mol. The van der Waals surface area contributed by atoms with Crippen LogP contribution in [-0.4, -0.2) is 0 Å². The molecule has 0 fully saturated rings. The van der Waals surface area contributed by atoms with Gasteiger partial charge in [0.15, 0.2) is 0 Å². The van der Waals surface area contributed by atoms with Crippen molar-refractivity contribution in [2.75, 3.05) is 5.73 Å². The number of hydrogen-bond acceptors (Lipinski definition) is 1. The lowest BCUT2D eigenvalue weighted by molar-refractivity contribution is 1.32. The average molecular weight is 211 g/mol. The summed E-state index contributed by atoms with van der Waals surface area (Å²) in [6.45, 7) is 6.30. The number of hydrogen-bond donors (Lipinski definition) is 1. The molecule has 2 aromatic carbocycles. The van der Waals surface area contributed by atoms with Crippen LogP contribution in [0.1, 0.15) is 16.7 Å². The normalized spacial score (nSPS) is 10.4. The van der Waals surface area contributed by atoms with Crippen molar-refractivity contribution in [2.45, 2.75) is 20.8 Å². The molecule has 0 amide bonds. The third-order valence-electron chi connectivity index (χ3n) is 3.09. The maximum absolute atomic E-state index is 6.09. The van der Waals surface area contributed by atoms with Crippen LogP contribution in [0.4, 0.5) is 5.69 Å². The minimum absolute atomic E-state index is 0.907. The number of nitrogens with two attached hydrogens (primary N) is 1. The Kier molecular flexibility index (Phi) is 2.69. The van der Waals surface area contributed by atoms with Gasteiger partial charge < -0.3 is 5.73 Å². The molecule has 0 bridgehead atoms. The van der Waals surface area contributed by atoms with Crippen LogP contribution in [0.3, 0.4) is 0 Å². The second kappa shape index (κ2) is 4.01. The van der Waals surface area contributed by atoms with Crippen LogP contribution in [0.5, 0.6) is 0 Å². The summed E-state index contributed by atoms with van der Waals surface area (Å²) in [5, 5.41) is 0. The van der Waals surface area contributed by atoms with Gasteiger partial charge in [-0.25, -0.2) is 0 Å². The van der Waals surface area contributed by atoms with E-state index >= 15 is 0 Å². The van der Waals surface area contributed by atoms with Crippen LogP contribution in [-0.2, 0) is 0 Å². The molecule has 0 aliphatic rings. The van der Waals surface area contributed by atoms with E-state index in [-0.39, 0.29) is 0 Å². The number of benzene rings is 2. The monoisotopic (exact) mass is 211 g/mol. The van der Waals surface area contributed by atoms with Crippen molar-refractivity contribution in [3.05, 3.63) is 53.1 Å². The molecule has 16 heavy (non-hydrogen) atoms. The average Bonchev–Trinajstić information content (AvgIpc) is 2.28. The van der Waals surface area contributed by atoms with Gasteiger partial charge in [-0.2, -0.15) is 0 Å². The Morgan fingerprint density at radius 3 is 2.12 bits per heavy atom. The van der Waals surface area contributed by atoms with E-state index in [2.05, 4.69) is 51.1 Å². The van der Waals surface area contributed by atoms with Crippen molar-refractivity contribution in [1.29, 1.82) is 0 Å². The first kappa shape index (κ1) is 10.7. The second-order valence-electron chi connectivity index (χ2n) is 4.29. The SMILES string of the molecule is Cc1cc(C)c(-c2ccccc2)c(C)c1N. The topological polar surface area (TPSA) is 26.0 Å². The summed E-state index contributed by atoms with van der Waals surface area (Å²) < 4.78 is 0. The van der Waals surface area contributed by atoms with E-state index in [4.69, 9.17) is 5.73 Å². The van der Waals surface area contributed by atoms with Gasteiger partial charge >= 0.3 is 0 Å². The fraction of sp³-hybridized carbons (Fsp3) is 0.200. The Hall–Kier alpha value is -1.76. The van der Waals surface area contributed by atoms with Crippen LogP contribution in [0.25, 0.3) is 11.1 Å². The van der Waals surface area contributed by atoms with Gasteiger partial charge in [-0.3, -0.25) is 0 Å². The minimum Gasteiger partial charge on any atom is -0.398 e. The zero-order chi connectivity index (χ0) is 11.7. The van der Waals surface area contributed by atoms with Crippen molar-refractivity contribution < 1.29 is 0 Å². The summed E-state index contributed by atoms with van der Waals surface area (Å²) in [4.78, 5) is 0. The highest BCUT2D eigenvalue weighted by Gasteiger charge is 2.09. The molecule has 1 nitrogen and oxygen atoms in total. The zero-order valence-electron chi connectivity index (χ0n) is 10.0. The van der Waals surface area contributed by atoms with Crippen LogP contribution in [0.15, 0.2) is 36.4 Å². The third-order valence-corrected chi connectivity index (χ3v) is 3.09. The number of aryl methyl sites for hydroxylation is 2. The predicted molar refractivity (Wildman–Crippen MR) is 70.5 cm³/mol. The first-order valence-corrected chi connectivity index (χ1v) is 5.53. The molecule has 2 N–H and O–H groups in total. The Morgan fingerprint density at radius 2 is 1.50 bits per heavy atom. The summed E-state index contributed by atoms with van der Waals surface area (Å²) in [7, 11) is 0. The molecule has 1 heteroatoms. The van der Waals surface area contributed by atoms with E-state index in [1.807, 2.05) is 6.07 Å². The van der Waals surface area contributed by atoms with Crippen LogP contribution < -0.4 is 5.73 Å². The molecule has 0 atom stereocenters. The highest BCUT2D eigenvalue weighted by Crippen LogP contribution is 2.32. The number of rotatable bonds is 1. The Labute approximate surface area is 96.9 Å². The van der Waals surface area contributed by atoms with E-state index in [0.717, 1.165) is 11.3 Å². The maximum Gasteiger partial charge on any atom is 0.0379 e. The molecule has 0 aliphatic heterocycles. The van der Waals surface area contributed by atoms with E-state index in [0.29, 0.717) is 0 Å². The van der Waals surface area contributed by atoms with Gasteiger partial charge in [-0.15, -0.1) is 0 Å². The quantitative estimate of drug-likeness (QED) is 0.712. The molecule has 0 aromatic heterocycles. The van der Waals surface area contributed by atoms with Gasteiger partial charge in [0.25, 0.3) is 0 Å². The summed E-state index contributed by atoms with van der Waals surface area (Å²) in [6.07, 6.45) is 0. The smallest absolute Gasteiger partial charge is 0.0379 e. The largest absolute Gasteiger partial charge is 0.398 e. The fourth-order valence-corrected chi connectivity index (χ4v) is 2.25. The second-order valence-corrected chi connectivity index (χ2v) is 4.29. The van der Waals surface area contributed by atoms with E-state index in [1.54, 1.807) is 0 Å². The van der Waals surface area contributed by atoms with Gasteiger partial charge in [0.2, 0.25) is 0 Å². The predicted octanol–water partition coefficient (Wildman–Crippen LogP) is 3.86. The minimum atomic E-state index is 0.907. The highest BCUT2D eigenvalue weighted by molar-refractivity contribution is 5.77. The summed E-state index contributed by atoms with van der Waals surface area (Å²) in [5.41, 5.74) is 13.1. The molecule has 0 saturated carbocycles. The Bertz CT molecular complexity index is 513. The Balaban J connectivity index is 2.71. The molecule has 0 radical (unpaired) electrons. The van der Waals surface area contributed by atoms with Gasteiger partial charge in [-0.05, 0) is 48.6 Å². The van der Waals surface area contributed by atoms with E-state index in [1.165, 1.54) is 22.3 Å². The van der Waals surface area contributed by atoms with E-state index < -0.39 is 0 Å². The molecule has 0 saturated heterocycles. The van der Waals surface area contributed by atoms with Gasteiger partial charge in [0, 0.05) is 5.69 Å². The lowest BCUT2D eigenvalue weighted by Crippen LogP contribution is -1.98. The summed E-state index contributed by atoms with van der Waals surface area (Å²) in [5.74, 6) is 0. The zero-order valence-corrected chi connectivity index (χ0v) is 10.0. The molecule has 0 heterocycles. The van der Waals surface area contributed by atoms with Crippen molar-refractivity contribution in [3.8, 4) is 11.1 Å². The number of anilines is 1. The molecular formula is C15H17N. The van der Waals surface area contributed by atoms with Crippen LogP contribution in [0.2, 0.25) is 0 Å². The van der Waals surface area contributed by atoms with Crippen molar-refractivity contribution in [1.82, 2.24) is 0 Å². The van der Waals surface area contributed by atoms with Gasteiger partial charge in [0.05, 0.1) is 0 Å². The van der Waals surface area contributed by atoms with Crippen LogP contribution in [0, 0.1) is 20.8 Å². The van der Waals surface area contributed by atoms with Crippen molar-refractivity contribution in [3.63, 3.8) is 0 Å². The molecule has 0 unspecified atom stereocenters. The lowest BCUT2D eigenvalue weighted by atomic mass is 9.92. The maximum atomic E-state index is 6.09. The molecule has 2 aromatic rings. The molecule has 0 aliphatic carbocycles. The fourth-order valence-electron chi connectivity index (χ4n) is 2.25. The highest BCUT2D eigenvalue weighted by atomic mass is 14.6. The standard InChI is InChI=1S/C15H17N/c1-10-9-11(2)15(16)12(3)14(10)13-7-5-4-6-8-13/h4-9H,16H2,1-3H3. The number of nitrogen functional groups attached to an aromatic ring is 1. The Morgan fingerprint density at radius 1 is 0.875 bits per heavy atom. The third kappa shape index (κ3) is 1.69. The summed E-state index contributed by atoms with van der Waals surface area (Å²) in [6, 6.07) is 12.6. The van der Waals surface area contributed by atoms with Crippen LogP contribution >= 0.6 is 0 Å². The van der Waals surface area contributed by atoms with Crippen molar-refractivity contribution >= 4 is 5.69 Å². The van der Waals surface area contributed by atoms with Crippen molar-refractivity contribution in [2.24, 2.45) is 0 Å².